The van der Waals surface area contributed by atoms with Gasteiger partial charge < -0.3 is 10.5 Å². The smallest absolute Gasteiger partial charge is 0.177 e. The Hall–Kier alpha value is -1.07. The molecule has 1 aromatic carbocycles. The topological polar surface area (TPSA) is 69.4 Å². The van der Waals surface area contributed by atoms with Crippen LogP contribution in [-0.2, 0) is 14.6 Å². The maximum atomic E-state index is 11.5. The summed E-state index contributed by atoms with van der Waals surface area (Å²) in [7, 11) is -3.27. The van der Waals surface area contributed by atoms with E-state index in [1.807, 2.05) is 6.07 Å². The molecule has 1 heterocycles. The van der Waals surface area contributed by atoms with E-state index in [9.17, 15) is 8.42 Å². The van der Waals surface area contributed by atoms with Gasteiger partial charge in [-0.15, -0.1) is 0 Å². The fraction of sp³-hybridized carbons (Fsp3) is 0.455. The highest BCUT2D eigenvalue weighted by atomic mass is 32.2. The molecule has 0 saturated carbocycles. The van der Waals surface area contributed by atoms with Gasteiger partial charge in [0.15, 0.2) is 9.84 Å². The van der Waals surface area contributed by atoms with Gasteiger partial charge in [-0.3, -0.25) is 0 Å². The summed E-state index contributed by atoms with van der Waals surface area (Å²) >= 11 is 0. The Kier molecular flexibility index (Phi) is 2.90. The lowest BCUT2D eigenvalue weighted by molar-refractivity contribution is 0.112. The van der Waals surface area contributed by atoms with Crippen LogP contribution in [0.5, 0.6) is 0 Å². The van der Waals surface area contributed by atoms with Gasteiger partial charge in [0.1, 0.15) is 0 Å². The fourth-order valence-corrected chi connectivity index (χ4v) is 2.76. The largest absolute Gasteiger partial charge is 0.398 e. The molecule has 1 aliphatic heterocycles. The van der Waals surface area contributed by atoms with E-state index >= 15 is 0 Å². The molecule has 0 amide bonds. The molecule has 16 heavy (non-hydrogen) atoms. The SMILES string of the molecule is CS(=O)(=O)c1cc(C2CCCO2)ccc1N. The molecular formula is C11H15NO3S. The molecule has 0 spiro atoms. The fourth-order valence-electron chi connectivity index (χ4n) is 1.91. The van der Waals surface area contributed by atoms with E-state index < -0.39 is 9.84 Å². The van der Waals surface area contributed by atoms with Gasteiger partial charge in [-0.1, -0.05) is 6.07 Å². The van der Waals surface area contributed by atoms with E-state index in [0.29, 0.717) is 5.69 Å². The standard InChI is InChI=1S/C11H15NO3S/c1-16(13,14)11-7-8(4-5-9(11)12)10-3-2-6-15-10/h4-5,7,10H,2-3,6,12H2,1H3. The number of nitrogens with two attached hydrogens (primary N) is 1. The van der Waals surface area contributed by atoms with Crippen molar-refractivity contribution in [1.29, 1.82) is 0 Å². The second-order valence-corrected chi connectivity index (χ2v) is 6.06. The van der Waals surface area contributed by atoms with Gasteiger partial charge in [0.2, 0.25) is 0 Å². The Morgan fingerprint density at radius 2 is 2.19 bits per heavy atom. The monoisotopic (exact) mass is 241 g/mol. The lowest BCUT2D eigenvalue weighted by Gasteiger charge is -2.12. The normalized spacial score (nSPS) is 21.2. The van der Waals surface area contributed by atoms with Crippen LogP contribution in [-0.4, -0.2) is 21.3 Å². The Morgan fingerprint density at radius 1 is 1.44 bits per heavy atom. The minimum atomic E-state index is -3.27. The molecule has 88 valence electrons. The van der Waals surface area contributed by atoms with Gasteiger partial charge in [0.25, 0.3) is 0 Å². The van der Waals surface area contributed by atoms with Gasteiger partial charge in [-0.2, -0.15) is 0 Å². The van der Waals surface area contributed by atoms with Crippen LogP contribution >= 0.6 is 0 Å². The summed E-state index contributed by atoms with van der Waals surface area (Å²) in [6, 6.07) is 5.09. The van der Waals surface area contributed by atoms with Crippen LogP contribution in [0.25, 0.3) is 0 Å². The van der Waals surface area contributed by atoms with Gasteiger partial charge >= 0.3 is 0 Å². The summed E-state index contributed by atoms with van der Waals surface area (Å²) in [6.07, 6.45) is 3.13. The highest BCUT2D eigenvalue weighted by Crippen LogP contribution is 2.31. The first kappa shape index (κ1) is 11.4. The molecule has 4 nitrogen and oxygen atoms in total. The van der Waals surface area contributed by atoms with Crippen molar-refractivity contribution in [3.63, 3.8) is 0 Å². The van der Waals surface area contributed by atoms with Crippen LogP contribution in [0.15, 0.2) is 23.1 Å². The van der Waals surface area contributed by atoms with Crippen LogP contribution in [0.2, 0.25) is 0 Å². The summed E-state index contributed by atoms with van der Waals surface area (Å²) in [6.45, 7) is 0.739. The second kappa shape index (κ2) is 4.07. The third-order valence-corrected chi connectivity index (χ3v) is 3.89. The number of nitrogen functional groups attached to an aromatic ring is 1. The first-order valence-electron chi connectivity index (χ1n) is 5.19. The summed E-state index contributed by atoms with van der Waals surface area (Å²) in [5.74, 6) is 0. The Morgan fingerprint density at radius 3 is 2.75 bits per heavy atom. The van der Waals surface area contributed by atoms with E-state index in [0.717, 1.165) is 31.3 Å². The van der Waals surface area contributed by atoms with Crippen LogP contribution < -0.4 is 5.73 Å². The van der Waals surface area contributed by atoms with Crippen LogP contribution in [0.3, 0.4) is 0 Å². The number of sulfone groups is 1. The van der Waals surface area contributed by atoms with E-state index in [1.54, 1.807) is 12.1 Å². The third-order valence-electron chi connectivity index (χ3n) is 2.74. The molecule has 1 fully saturated rings. The first-order valence-corrected chi connectivity index (χ1v) is 7.09. The zero-order valence-electron chi connectivity index (χ0n) is 9.14. The molecule has 2 N–H and O–H groups in total. The number of benzene rings is 1. The number of ether oxygens (including phenoxy) is 1. The maximum Gasteiger partial charge on any atom is 0.177 e. The molecule has 0 aromatic heterocycles. The minimum absolute atomic E-state index is 0.0149. The van der Waals surface area contributed by atoms with Gasteiger partial charge in [0, 0.05) is 12.9 Å². The molecule has 1 aliphatic rings. The van der Waals surface area contributed by atoms with Crippen molar-refractivity contribution in [3.05, 3.63) is 23.8 Å². The zero-order valence-corrected chi connectivity index (χ0v) is 9.96. The van der Waals surface area contributed by atoms with E-state index in [1.165, 1.54) is 0 Å². The number of anilines is 1. The van der Waals surface area contributed by atoms with Crippen LogP contribution in [0, 0.1) is 0 Å². The van der Waals surface area contributed by atoms with Gasteiger partial charge in [0.05, 0.1) is 16.7 Å². The van der Waals surface area contributed by atoms with Crippen LogP contribution in [0.4, 0.5) is 5.69 Å². The average molecular weight is 241 g/mol. The second-order valence-electron chi connectivity index (χ2n) is 4.07. The molecule has 1 saturated heterocycles. The van der Waals surface area contributed by atoms with Crippen molar-refractivity contribution >= 4 is 15.5 Å². The van der Waals surface area contributed by atoms with Crippen LogP contribution in [0.1, 0.15) is 24.5 Å². The predicted molar refractivity (Wildman–Crippen MR) is 61.9 cm³/mol. The van der Waals surface area contributed by atoms with Crippen molar-refractivity contribution in [1.82, 2.24) is 0 Å². The van der Waals surface area contributed by atoms with Crippen molar-refractivity contribution < 1.29 is 13.2 Å². The van der Waals surface area contributed by atoms with Crippen molar-refractivity contribution in [3.8, 4) is 0 Å². The lowest BCUT2D eigenvalue weighted by atomic mass is 10.1. The third kappa shape index (κ3) is 2.20. The molecule has 0 bridgehead atoms. The molecule has 2 rings (SSSR count). The van der Waals surface area contributed by atoms with Crippen molar-refractivity contribution in [2.75, 3.05) is 18.6 Å². The van der Waals surface area contributed by atoms with E-state index in [4.69, 9.17) is 10.5 Å². The lowest BCUT2D eigenvalue weighted by Crippen LogP contribution is -2.05. The highest BCUT2D eigenvalue weighted by molar-refractivity contribution is 7.90. The van der Waals surface area contributed by atoms with E-state index in [2.05, 4.69) is 0 Å². The summed E-state index contributed by atoms with van der Waals surface area (Å²) in [4.78, 5) is 0.195. The molecule has 0 aliphatic carbocycles. The molecule has 1 unspecified atom stereocenters. The number of hydrogen-bond acceptors (Lipinski definition) is 4. The zero-order chi connectivity index (χ0) is 11.8. The van der Waals surface area contributed by atoms with Gasteiger partial charge in [-0.05, 0) is 30.5 Å². The van der Waals surface area contributed by atoms with E-state index in [-0.39, 0.29) is 11.0 Å². The van der Waals surface area contributed by atoms with Gasteiger partial charge in [-0.25, -0.2) is 8.42 Å². The maximum absolute atomic E-state index is 11.5. The average Bonchev–Trinajstić information content (AvgIpc) is 2.69. The van der Waals surface area contributed by atoms with Crippen molar-refractivity contribution in [2.24, 2.45) is 0 Å². The first-order chi connectivity index (χ1) is 7.48. The Balaban J connectivity index is 2.43. The minimum Gasteiger partial charge on any atom is -0.398 e. The summed E-state index contributed by atoms with van der Waals surface area (Å²) in [5, 5.41) is 0. The molecule has 1 aromatic rings. The quantitative estimate of drug-likeness (QED) is 0.797. The van der Waals surface area contributed by atoms with Crippen molar-refractivity contribution in [2.45, 2.75) is 23.8 Å². The number of rotatable bonds is 2. The predicted octanol–water partition coefficient (Wildman–Crippen LogP) is 1.52. The Labute approximate surface area is 95.3 Å². The molecule has 0 radical (unpaired) electrons. The molecule has 5 heteroatoms. The number of hydrogen-bond donors (Lipinski definition) is 1. The molecule has 1 atom stereocenters. The highest BCUT2D eigenvalue weighted by Gasteiger charge is 2.20. The molecular weight excluding hydrogens is 226 g/mol. The summed E-state index contributed by atoms with van der Waals surface area (Å²) in [5.41, 5.74) is 6.85. The Bertz CT molecular complexity index is 490. The summed E-state index contributed by atoms with van der Waals surface area (Å²) < 4.78 is 28.5.